The predicted molar refractivity (Wildman–Crippen MR) is 53.7 cm³/mol. The monoisotopic (exact) mass is 220 g/mol. The molecule has 0 atom stereocenters. The molecule has 2 aromatic rings. The number of aryl methyl sites for hydroxylation is 1. The number of nitrogens with one attached hydrogen (secondary N) is 1. The number of imidazole rings is 1. The first-order chi connectivity index (χ1) is 6.11. The fourth-order valence-corrected chi connectivity index (χ4v) is 1.21. The van der Waals surface area contributed by atoms with Gasteiger partial charge >= 0.3 is 57.1 Å². The van der Waals surface area contributed by atoms with Crippen LogP contribution in [0.2, 0.25) is 0 Å². The van der Waals surface area contributed by atoms with Gasteiger partial charge in [-0.15, -0.1) is 0 Å². The summed E-state index contributed by atoms with van der Waals surface area (Å²) in [4.78, 5) is 29.0. The zero-order chi connectivity index (χ0) is 9.59. The minimum absolute atomic E-state index is 0. The Hall–Kier alpha value is -0.214. The first kappa shape index (κ1) is 11.9. The van der Waals surface area contributed by atoms with Crippen molar-refractivity contribution in [1.29, 1.82) is 0 Å². The average molecular weight is 220 g/mol. The van der Waals surface area contributed by atoms with E-state index in [4.69, 9.17) is 0 Å². The number of hydrogen-bond acceptors (Lipinski definition) is 3. The van der Waals surface area contributed by atoms with E-state index in [1.165, 1.54) is 13.4 Å². The molecule has 70 valence electrons. The summed E-state index contributed by atoms with van der Waals surface area (Å²) in [6.07, 6.45) is 1.49. The minimum atomic E-state index is -0.448. The summed E-state index contributed by atoms with van der Waals surface area (Å²) in [5.74, 6) is 0. The Morgan fingerprint density at radius 2 is 2.00 bits per heavy atom. The van der Waals surface area contributed by atoms with Gasteiger partial charge in [0.1, 0.15) is 0 Å². The molecule has 0 aliphatic carbocycles. The standard InChI is InChI=1S/C7H8N4O2.K.H/c1-10-3-8-5-4(10)6(12)11(2)7(13)9-5;;/h3H,1-2H3,(H,9,13);;. The Balaban J connectivity index is 0.000000980. The van der Waals surface area contributed by atoms with Crippen LogP contribution in [-0.2, 0) is 14.1 Å². The van der Waals surface area contributed by atoms with Crippen LogP contribution >= 0.6 is 0 Å². The van der Waals surface area contributed by atoms with Gasteiger partial charge in [-0.05, 0) is 0 Å². The summed E-state index contributed by atoms with van der Waals surface area (Å²) in [6.45, 7) is 0. The summed E-state index contributed by atoms with van der Waals surface area (Å²) in [5, 5.41) is 0. The van der Waals surface area contributed by atoms with Crippen LogP contribution in [0.1, 0.15) is 0 Å². The molecule has 0 fully saturated rings. The molecule has 2 heterocycles. The molecule has 1 N–H and O–H groups in total. The van der Waals surface area contributed by atoms with Crippen LogP contribution in [0.25, 0.3) is 11.2 Å². The zero-order valence-corrected chi connectivity index (χ0v) is 7.24. The van der Waals surface area contributed by atoms with Gasteiger partial charge < -0.3 is 4.57 Å². The maximum atomic E-state index is 11.5. The Morgan fingerprint density at radius 3 is 2.64 bits per heavy atom. The number of aromatic amines is 1. The molecule has 0 saturated heterocycles. The summed E-state index contributed by atoms with van der Waals surface area (Å²) in [5.41, 5.74) is -0.0485. The Kier molecular flexibility index (Phi) is 3.48. The molecule has 0 radical (unpaired) electrons. The van der Waals surface area contributed by atoms with Gasteiger partial charge in [0.25, 0.3) is 5.56 Å². The van der Waals surface area contributed by atoms with E-state index in [2.05, 4.69) is 9.97 Å². The van der Waals surface area contributed by atoms with E-state index in [0.29, 0.717) is 11.2 Å². The molecule has 2 aromatic heterocycles. The molecule has 14 heavy (non-hydrogen) atoms. The third kappa shape index (κ3) is 1.65. The molecular weight excluding hydrogens is 211 g/mol. The van der Waals surface area contributed by atoms with Gasteiger partial charge in [-0.3, -0.25) is 14.3 Å². The van der Waals surface area contributed by atoms with Gasteiger partial charge in [0.15, 0.2) is 11.2 Å². The van der Waals surface area contributed by atoms with Crippen LogP contribution in [0.5, 0.6) is 0 Å². The molecule has 2 rings (SSSR count). The molecule has 0 bridgehead atoms. The molecule has 6 nitrogen and oxygen atoms in total. The van der Waals surface area contributed by atoms with E-state index in [9.17, 15) is 9.59 Å². The molecule has 0 saturated carbocycles. The van der Waals surface area contributed by atoms with Crippen molar-refractivity contribution >= 4 is 62.5 Å². The summed E-state index contributed by atoms with van der Waals surface area (Å²) in [6, 6.07) is 0. The van der Waals surface area contributed by atoms with Crippen molar-refractivity contribution in [3.8, 4) is 0 Å². The molecule has 0 aliphatic rings. The Morgan fingerprint density at radius 1 is 1.36 bits per heavy atom. The molecule has 0 unspecified atom stereocenters. The number of nitrogens with zero attached hydrogens (tertiary/aromatic N) is 3. The number of H-pyrrole nitrogens is 1. The molecular formula is C7H9KN4O2. The van der Waals surface area contributed by atoms with E-state index in [-0.39, 0.29) is 56.9 Å². The zero-order valence-electron chi connectivity index (χ0n) is 7.24. The third-order valence-electron chi connectivity index (χ3n) is 1.97. The van der Waals surface area contributed by atoms with Crippen LogP contribution in [0.15, 0.2) is 15.9 Å². The summed E-state index contributed by atoms with van der Waals surface area (Å²) < 4.78 is 2.59. The fraction of sp³-hybridized carbons (Fsp3) is 0.286. The molecule has 0 aromatic carbocycles. The Labute approximate surface area is 121 Å². The molecule has 7 heteroatoms. The fourth-order valence-electron chi connectivity index (χ4n) is 1.21. The van der Waals surface area contributed by atoms with E-state index < -0.39 is 5.69 Å². The normalized spacial score (nSPS) is 10.1. The first-order valence-corrected chi connectivity index (χ1v) is 3.71. The van der Waals surface area contributed by atoms with Crippen molar-refractivity contribution in [2.75, 3.05) is 0 Å². The number of fused-ring (bicyclic) bond motifs is 1. The van der Waals surface area contributed by atoms with Crippen LogP contribution < -0.4 is 11.2 Å². The van der Waals surface area contributed by atoms with Gasteiger partial charge in [0, 0.05) is 14.1 Å². The first-order valence-electron chi connectivity index (χ1n) is 3.71. The number of aromatic nitrogens is 4. The van der Waals surface area contributed by atoms with Gasteiger partial charge in [-0.25, -0.2) is 9.78 Å². The Bertz CT molecular complexity index is 579. The van der Waals surface area contributed by atoms with Crippen molar-refractivity contribution in [2.45, 2.75) is 0 Å². The third-order valence-corrected chi connectivity index (χ3v) is 1.97. The predicted octanol–water partition coefficient (Wildman–Crippen LogP) is -1.69. The second-order valence-corrected chi connectivity index (χ2v) is 2.85. The van der Waals surface area contributed by atoms with Crippen molar-refractivity contribution < 1.29 is 0 Å². The topological polar surface area (TPSA) is 72.7 Å². The summed E-state index contributed by atoms with van der Waals surface area (Å²) in [7, 11) is 3.13. The van der Waals surface area contributed by atoms with Crippen LogP contribution in [0.3, 0.4) is 0 Å². The van der Waals surface area contributed by atoms with Gasteiger partial charge in [0.05, 0.1) is 6.33 Å². The van der Waals surface area contributed by atoms with Crippen molar-refractivity contribution in [3.05, 3.63) is 27.2 Å². The van der Waals surface area contributed by atoms with E-state index in [1.54, 1.807) is 11.6 Å². The average Bonchev–Trinajstić information content (AvgIpc) is 2.43. The summed E-state index contributed by atoms with van der Waals surface area (Å²) >= 11 is 0. The second-order valence-electron chi connectivity index (χ2n) is 2.85. The van der Waals surface area contributed by atoms with Crippen molar-refractivity contribution in [3.63, 3.8) is 0 Å². The molecule has 0 amide bonds. The van der Waals surface area contributed by atoms with E-state index in [0.717, 1.165) is 4.57 Å². The van der Waals surface area contributed by atoms with Crippen molar-refractivity contribution in [1.82, 2.24) is 19.1 Å². The van der Waals surface area contributed by atoms with Gasteiger partial charge in [-0.1, -0.05) is 0 Å². The van der Waals surface area contributed by atoms with Gasteiger partial charge in [0.2, 0.25) is 0 Å². The van der Waals surface area contributed by atoms with E-state index >= 15 is 0 Å². The van der Waals surface area contributed by atoms with Crippen LogP contribution in [0, 0.1) is 0 Å². The van der Waals surface area contributed by atoms with E-state index in [1.807, 2.05) is 0 Å². The second kappa shape index (κ2) is 4.11. The van der Waals surface area contributed by atoms with Crippen LogP contribution in [-0.4, -0.2) is 70.5 Å². The SMILES string of the molecule is Cn1c(=O)[nH]c2ncn(C)c2c1=O.[KH]. The molecule has 0 spiro atoms. The quantitative estimate of drug-likeness (QED) is 0.539. The maximum absolute atomic E-state index is 11.5. The van der Waals surface area contributed by atoms with Gasteiger partial charge in [-0.2, -0.15) is 0 Å². The number of rotatable bonds is 0. The van der Waals surface area contributed by atoms with Crippen molar-refractivity contribution in [2.24, 2.45) is 14.1 Å². The van der Waals surface area contributed by atoms with Crippen LogP contribution in [0.4, 0.5) is 0 Å². The molecule has 0 aliphatic heterocycles. The number of hydrogen-bond donors (Lipinski definition) is 1.